The summed E-state index contributed by atoms with van der Waals surface area (Å²) in [6.45, 7) is 1.79. The van der Waals surface area contributed by atoms with Crippen molar-refractivity contribution in [3.63, 3.8) is 0 Å². The average Bonchev–Trinajstić information content (AvgIpc) is 2.63. The number of hydrogen-bond donors (Lipinski definition) is 0. The third-order valence-electron chi connectivity index (χ3n) is 2.67. The number of halogens is 2. The summed E-state index contributed by atoms with van der Waals surface area (Å²) in [7, 11) is 1.77. The molecule has 0 spiro atoms. The molecule has 0 N–H and O–H groups in total. The molecule has 5 heteroatoms. The predicted molar refractivity (Wildman–Crippen MR) is 70.1 cm³/mol. The van der Waals surface area contributed by atoms with E-state index < -0.39 is 0 Å². The fourth-order valence-corrected chi connectivity index (χ4v) is 2.21. The van der Waals surface area contributed by atoms with E-state index in [4.69, 9.17) is 0 Å². The van der Waals surface area contributed by atoms with Crippen molar-refractivity contribution in [2.24, 2.45) is 7.05 Å². The van der Waals surface area contributed by atoms with Crippen LogP contribution in [0, 0.1) is 12.7 Å². The van der Waals surface area contributed by atoms with E-state index in [9.17, 15) is 9.18 Å². The Morgan fingerprint density at radius 3 is 2.83 bits per heavy atom. The van der Waals surface area contributed by atoms with Gasteiger partial charge in [0.05, 0.1) is 11.3 Å². The molecule has 0 bridgehead atoms. The number of Topliss-reactive ketones (excluding diaryl/α,β-unsaturated/α-hetero) is 1. The van der Waals surface area contributed by atoms with Crippen molar-refractivity contribution in [1.82, 2.24) is 9.78 Å². The molecule has 0 saturated heterocycles. The van der Waals surface area contributed by atoms with Crippen LogP contribution in [0.25, 0.3) is 0 Å². The van der Waals surface area contributed by atoms with Crippen molar-refractivity contribution in [1.29, 1.82) is 0 Å². The molecule has 2 rings (SSSR count). The number of aromatic nitrogens is 2. The van der Waals surface area contributed by atoms with Crippen LogP contribution < -0.4 is 0 Å². The molecule has 2 aromatic rings. The smallest absolute Gasteiger partial charge is 0.170 e. The molecule has 1 heterocycles. The number of carbonyl (C=O) groups excluding carboxylic acids is 1. The van der Waals surface area contributed by atoms with Crippen molar-refractivity contribution >= 4 is 21.7 Å². The normalized spacial score (nSPS) is 10.7. The van der Waals surface area contributed by atoms with E-state index >= 15 is 0 Å². The Labute approximate surface area is 113 Å². The van der Waals surface area contributed by atoms with Gasteiger partial charge in [-0.2, -0.15) is 5.10 Å². The minimum absolute atomic E-state index is 0.0631. The Balaban J connectivity index is 2.26. The first-order valence-corrected chi connectivity index (χ1v) is 6.24. The second kappa shape index (κ2) is 5.02. The largest absolute Gasteiger partial charge is 0.294 e. The molecule has 3 nitrogen and oxygen atoms in total. The van der Waals surface area contributed by atoms with E-state index in [2.05, 4.69) is 21.0 Å². The van der Waals surface area contributed by atoms with E-state index in [0.29, 0.717) is 16.8 Å². The van der Waals surface area contributed by atoms with Gasteiger partial charge in [0.15, 0.2) is 5.78 Å². The molecule has 0 aliphatic carbocycles. The van der Waals surface area contributed by atoms with Crippen molar-refractivity contribution in [3.05, 3.63) is 51.5 Å². The maximum absolute atomic E-state index is 13.1. The number of carbonyl (C=O) groups is 1. The fraction of sp³-hybridized carbons (Fsp3) is 0.231. The Bertz CT molecular complexity index is 607. The highest BCUT2D eigenvalue weighted by molar-refractivity contribution is 9.10. The van der Waals surface area contributed by atoms with Gasteiger partial charge in [0.1, 0.15) is 5.82 Å². The van der Waals surface area contributed by atoms with Gasteiger partial charge >= 0.3 is 0 Å². The minimum atomic E-state index is -0.344. The standard InChI is InChI=1S/C13H12BrFN2O/c1-8-11(7-17(2)16-8)13(18)6-9-5-10(15)3-4-12(9)14/h3-5,7H,6H2,1-2H3. The van der Waals surface area contributed by atoms with Gasteiger partial charge in [-0.1, -0.05) is 15.9 Å². The van der Waals surface area contributed by atoms with Crippen molar-refractivity contribution < 1.29 is 9.18 Å². The topological polar surface area (TPSA) is 34.9 Å². The molecule has 0 atom stereocenters. The Morgan fingerprint density at radius 2 is 2.22 bits per heavy atom. The van der Waals surface area contributed by atoms with Crippen LogP contribution in [0.15, 0.2) is 28.9 Å². The first-order valence-electron chi connectivity index (χ1n) is 5.44. The maximum atomic E-state index is 13.1. The van der Waals surface area contributed by atoms with Crippen LogP contribution in [0.1, 0.15) is 21.6 Å². The van der Waals surface area contributed by atoms with Gasteiger partial charge in [0.2, 0.25) is 0 Å². The molecule has 0 aliphatic heterocycles. The molecule has 0 amide bonds. The lowest BCUT2D eigenvalue weighted by Gasteiger charge is -2.03. The summed E-state index contributed by atoms with van der Waals surface area (Å²) in [5.41, 5.74) is 1.91. The summed E-state index contributed by atoms with van der Waals surface area (Å²) in [6, 6.07) is 4.33. The zero-order valence-corrected chi connectivity index (χ0v) is 11.7. The molecule has 18 heavy (non-hydrogen) atoms. The second-order valence-corrected chi connectivity index (χ2v) is 4.99. The highest BCUT2D eigenvalue weighted by atomic mass is 79.9. The molecule has 1 aromatic heterocycles. The van der Waals surface area contributed by atoms with Gasteiger partial charge in [0.25, 0.3) is 0 Å². The number of ketones is 1. The third kappa shape index (κ3) is 2.67. The average molecular weight is 311 g/mol. The third-order valence-corrected chi connectivity index (χ3v) is 3.45. The van der Waals surface area contributed by atoms with Gasteiger partial charge < -0.3 is 0 Å². The van der Waals surface area contributed by atoms with Crippen LogP contribution in [0.2, 0.25) is 0 Å². The number of hydrogen-bond acceptors (Lipinski definition) is 2. The molecule has 0 radical (unpaired) electrons. The number of nitrogens with zero attached hydrogens (tertiary/aromatic N) is 2. The number of aryl methyl sites for hydroxylation is 2. The van der Waals surface area contributed by atoms with Crippen LogP contribution in [0.3, 0.4) is 0 Å². The van der Waals surface area contributed by atoms with E-state index in [-0.39, 0.29) is 18.0 Å². The monoisotopic (exact) mass is 310 g/mol. The van der Waals surface area contributed by atoms with E-state index in [0.717, 1.165) is 4.47 Å². The van der Waals surface area contributed by atoms with E-state index in [1.54, 1.807) is 30.9 Å². The first-order chi connectivity index (χ1) is 8.47. The molecule has 0 saturated carbocycles. The predicted octanol–water partition coefficient (Wildman–Crippen LogP) is 3.06. The fourth-order valence-electron chi connectivity index (χ4n) is 1.82. The van der Waals surface area contributed by atoms with Gasteiger partial charge in [-0.05, 0) is 30.7 Å². The Kier molecular flexibility index (Phi) is 3.61. The molecular weight excluding hydrogens is 299 g/mol. The minimum Gasteiger partial charge on any atom is -0.294 e. The van der Waals surface area contributed by atoms with Gasteiger partial charge in [-0.25, -0.2) is 4.39 Å². The van der Waals surface area contributed by atoms with Crippen LogP contribution >= 0.6 is 15.9 Å². The highest BCUT2D eigenvalue weighted by Gasteiger charge is 2.14. The Hall–Kier alpha value is -1.49. The molecule has 1 aromatic carbocycles. The molecule has 0 fully saturated rings. The quantitative estimate of drug-likeness (QED) is 0.817. The lowest BCUT2D eigenvalue weighted by molar-refractivity contribution is 0.0992. The lowest BCUT2D eigenvalue weighted by atomic mass is 10.0. The Morgan fingerprint density at radius 1 is 1.50 bits per heavy atom. The van der Waals surface area contributed by atoms with Crippen molar-refractivity contribution in [2.75, 3.05) is 0 Å². The molecule has 0 unspecified atom stereocenters. The van der Waals surface area contributed by atoms with Crippen LogP contribution in [0.5, 0.6) is 0 Å². The maximum Gasteiger partial charge on any atom is 0.170 e. The number of rotatable bonds is 3. The van der Waals surface area contributed by atoms with E-state index in [1.165, 1.54) is 12.1 Å². The second-order valence-electron chi connectivity index (χ2n) is 4.14. The zero-order chi connectivity index (χ0) is 13.3. The highest BCUT2D eigenvalue weighted by Crippen LogP contribution is 2.20. The SMILES string of the molecule is Cc1nn(C)cc1C(=O)Cc1cc(F)ccc1Br. The van der Waals surface area contributed by atoms with Crippen LogP contribution in [-0.4, -0.2) is 15.6 Å². The van der Waals surface area contributed by atoms with Crippen molar-refractivity contribution in [2.45, 2.75) is 13.3 Å². The zero-order valence-electron chi connectivity index (χ0n) is 10.1. The van der Waals surface area contributed by atoms with Gasteiger partial charge in [-0.3, -0.25) is 9.48 Å². The summed E-state index contributed by atoms with van der Waals surface area (Å²) in [5, 5.41) is 4.12. The van der Waals surface area contributed by atoms with Crippen LogP contribution in [-0.2, 0) is 13.5 Å². The van der Waals surface area contributed by atoms with Gasteiger partial charge in [-0.15, -0.1) is 0 Å². The molecule has 94 valence electrons. The van der Waals surface area contributed by atoms with Crippen LogP contribution in [0.4, 0.5) is 4.39 Å². The van der Waals surface area contributed by atoms with Crippen molar-refractivity contribution in [3.8, 4) is 0 Å². The summed E-state index contributed by atoms with van der Waals surface area (Å²) in [6.07, 6.45) is 1.84. The summed E-state index contributed by atoms with van der Waals surface area (Å²) < 4.78 is 15.5. The molecule has 0 aliphatic rings. The lowest BCUT2D eigenvalue weighted by Crippen LogP contribution is -2.05. The summed E-state index contributed by atoms with van der Waals surface area (Å²) in [4.78, 5) is 12.1. The summed E-state index contributed by atoms with van der Waals surface area (Å²) >= 11 is 3.32. The number of benzene rings is 1. The van der Waals surface area contributed by atoms with E-state index in [1.807, 2.05) is 0 Å². The first kappa shape index (κ1) is 13.0. The van der Waals surface area contributed by atoms with Gasteiger partial charge in [0, 0.05) is 24.1 Å². The summed E-state index contributed by atoms with van der Waals surface area (Å²) in [5.74, 6) is -0.407. The molecular formula is C13H12BrFN2O.